The standard InChI is InChI=1S/C7H16.Al.3H/c1-3-5-7-6-4-2;;;;/h3-7H2,1-2H3;;;;. The highest BCUT2D eigenvalue weighted by atomic mass is 27.0. The smallest absolute Gasteiger partial charge is 0.0654 e. The van der Waals surface area contributed by atoms with Crippen LogP contribution in [0.1, 0.15) is 46.0 Å². The molecule has 0 nitrogen and oxygen atoms in total. The molecule has 0 aromatic carbocycles. The highest BCUT2D eigenvalue weighted by molar-refractivity contribution is 5.75. The van der Waals surface area contributed by atoms with E-state index in [2.05, 4.69) is 13.8 Å². The highest BCUT2D eigenvalue weighted by Crippen LogP contribution is 2.00. The molecule has 0 aliphatic rings. The van der Waals surface area contributed by atoms with Gasteiger partial charge in [-0.2, -0.15) is 0 Å². The third kappa shape index (κ3) is 9.73. The molecular weight excluding hydrogens is 111 g/mol. The van der Waals surface area contributed by atoms with Crippen molar-refractivity contribution in [2.75, 3.05) is 0 Å². The van der Waals surface area contributed by atoms with Gasteiger partial charge in [0.05, 0.1) is 0 Å². The summed E-state index contributed by atoms with van der Waals surface area (Å²) in [5, 5.41) is 0. The van der Waals surface area contributed by atoms with Gasteiger partial charge in [-0.3, -0.25) is 0 Å². The lowest BCUT2D eigenvalue weighted by Gasteiger charge is -1.90. The van der Waals surface area contributed by atoms with E-state index in [1.165, 1.54) is 32.1 Å². The Morgan fingerprint density at radius 2 is 1.12 bits per heavy atom. The van der Waals surface area contributed by atoms with Crippen LogP contribution in [0.2, 0.25) is 0 Å². The van der Waals surface area contributed by atoms with Gasteiger partial charge >= 0.3 is 0 Å². The third-order valence-corrected chi connectivity index (χ3v) is 1.21. The van der Waals surface area contributed by atoms with Crippen molar-refractivity contribution in [1.82, 2.24) is 0 Å². The summed E-state index contributed by atoms with van der Waals surface area (Å²) in [4.78, 5) is 0. The van der Waals surface area contributed by atoms with E-state index in [0.29, 0.717) is 0 Å². The molecule has 0 atom stereocenters. The van der Waals surface area contributed by atoms with Crippen molar-refractivity contribution in [3.05, 3.63) is 0 Å². The summed E-state index contributed by atoms with van der Waals surface area (Å²) in [6.07, 6.45) is 7.01. The van der Waals surface area contributed by atoms with Gasteiger partial charge in [-0.25, -0.2) is 0 Å². The monoisotopic (exact) mass is 130 g/mol. The molecular formula is C7H19Al. The van der Waals surface area contributed by atoms with Gasteiger partial charge in [0.1, 0.15) is 0 Å². The maximum Gasteiger partial charge on any atom is 0.187 e. The van der Waals surface area contributed by atoms with Gasteiger partial charge < -0.3 is 0 Å². The Morgan fingerprint density at radius 3 is 1.38 bits per heavy atom. The Balaban J connectivity index is 0. The van der Waals surface area contributed by atoms with Gasteiger partial charge in [0, 0.05) is 0 Å². The molecule has 0 radical (unpaired) electrons. The summed E-state index contributed by atoms with van der Waals surface area (Å²) >= 11 is 0. The van der Waals surface area contributed by atoms with Gasteiger partial charge in [0.2, 0.25) is 0 Å². The molecule has 0 amide bonds. The van der Waals surface area contributed by atoms with Crippen LogP contribution in [0.5, 0.6) is 0 Å². The van der Waals surface area contributed by atoms with Crippen LogP contribution in [0.25, 0.3) is 0 Å². The zero-order valence-corrected chi connectivity index (χ0v) is 5.54. The molecule has 0 heterocycles. The van der Waals surface area contributed by atoms with Crippen molar-refractivity contribution in [3.8, 4) is 0 Å². The highest BCUT2D eigenvalue weighted by Gasteiger charge is 1.80. The molecule has 0 saturated heterocycles. The van der Waals surface area contributed by atoms with Crippen LogP contribution in [-0.2, 0) is 0 Å². The van der Waals surface area contributed by atoms with Crippen molar-refractivity contribution in [3.63, 3.8) is 0 Å². The quantitative estimate of drug-likeness (QED) is 0.402. The zero-order valence-electron chi connectivity index (χ0n) is 5.54. The van der Waals surface area contributed by atoms with Crippen LogP contribution < -0.4 is 0 Å². The van der Waals surface area contributed by atoms with Crippen LogP contribution in [-0.4, -0.2) is 17.4 Å². The van der Waals surface area contributed by atoms with Gasteiger partial charge in [-0.1, -0.05) is 46.0 Å². The maximum absolute atomic E-state index is 2.25. The minimum absolute atomic E-state index is 0. The second-order valence-corrected chi connectivity index (χ2v) is 2.06. The van der Waals surface area contributed by atoms with E-state index < -0.39 is 0 Å². The topological polar surface area (TPSA) is 0 Å². The molecule has 0 aromatic heterocycles. The molecule has 1 heteroatoms. The summed E-state index contributed by atoms with van der Waals surface area (Å²) in [6, 6.07) is 0. The lowest BCUT2D eigenvalue weighted by Crippen LogP contribution is -1.70. The van der Waals surface area contributed by atoms with E-state index in [9.17, 15) is 0 Å². The Labute approximate surface area is 63.8 Å². The molecule has 0 fully saturated rings. The first-order valence-electron chi connectivity index (χ1n) is 3.41. The van der Waals surface area contributed by atoms with E-state index in [1.807, 2.05) is 0 Å². The molecule has 0 spiro atoms. The zero-order chi connectivity index (χ0) is 5.54. The second-order valence-electron chi connectivity index (χ2n) is 2.06. The summed E-state index contributed by atoms with van der Waals surface area (Å²) < 4.78 is 0. The van der Waals surface area contributed by atoms with Crippen molar-refractivity contribution in [2.24, 2.45) is 0 Å². The molecule has 0 saturated carbocycles. The Hall–Kier alpha value is 0.532. The summed E-state index contributed by atoms with van der Waals surface area (Å²) in [7, 11) is 0. The molecule has 0 unspecified atom stereocenters. The van der Waals surface area contributed by atoms with Crippen molar-refractivity contribution in [2.45, 2.75) is 46.0 Å². The molecule has 0 bridgehead atoms. The van der Waals surface area contributed by atoms with Crippen molar-refractivity contribution in [1.29, 1.82) is 0 Å². The summed E-state index contributed by atoms with van der Waals surface area (Å²) in [5.74, 6) is 0. The first-order valence-corrected chi connectivity index (χ1v) is 3.41. The van der Waals surface area contributed by atoms with Crippen LogP contribution >= 0.6 is 0 Å². The number of rotatable bonds is 4. The lowest BCUT2D eigenvalue weighted by molar-refractivity contribution is 0.656. The Bertz CT molecular complexity index is 23.6. The molecule has 0 aliphatic heterocycles. The molecule has 0 aliphatic carbocycles. The van der Waals surface area contributed by atoms with E-state index in [-0.39, 0.29) is 17.4 Å². The van der Waals surface area contributed by atoms with Crippen LogP contribution in [0.15, 0.2) is 0 Å². The Morgan fingerprint density at radius 1 is 0.750 bits per heavy atom. The number of unbranched alkanes of at least 4 members (excludes halogenated alkanes) is 4. The van der Waals surface area contributed by atoms with Crippen LogP contribution in [0.3, 0.4) is 0 Å². The lowest BCUT2D eigenvalue weighted by atomic mass is 10.2. The van der Waals surface area contributed by atoms with Gasteiger partial charge in [-0.15, -0.1) is 0 Å². The van der Waals surface area contributed by atoms with Gasteiger partial charge in [0.25, 0.3) is 0 Å². The predicted molar refractivity (Wildman–Crippen MR) is 44.4 cm³/mol. The average molecular weight is 130 g/mol. The normalized spacial score (nSPS) is 8.25. The first kappa shape index (κ1) is 11.3. The van der Waals surface area contributed by atoms with Crippen molar-refractivity contribution >= 4 is 17.4 Å². The van der Waals surface area contributed by atoms with E-state index in [0.717, 1.165) is 0 Å². The fourth-order valence-corrected chi connectivity index (χ4v) is 0.677. The van der Waals surface area contributed by atoms with Gasteiger partial charge in [-0.05, 0) is 0 Å². The van der Waals surface area contributed by atoms with Crippen LogP contribution in [0.4, 0.5) is 0 Å². The molecule has 0 aromatic rings. The summed E-state index contributed by atoms with van der Waals surface area (Å²) in [5.41, 5.74) is 0. The second kappa shape index (κ2) is 10.5. The molecule has 0 rings (SSSR count). The fourth-order valence-electron chi connectivity index (χ4n) is 0.677. The molecule has 8 heavy (non-hydrogen) atoms. The average Bonchev–Trinajstić information content (AvgIpc) is 1.69. The maximum atomic E-state index is 2.25. The predicted octanol–water partition coefficient (Wildman–Crippen LogP) is 1.79. The number of hydrogen-bond acceptors (Lipinski definition) is 0. The first-order chi connectivity index (χ1) is 3.41. The van der Waals surface area contributed by atoms with Crippen LogP contribution in [0, 0.1) is 0 Å². The van der Waals surface area contributed by atoms with Gasteiger partial charge in [0.15, 0.2) is 17.4 Å². The van der Waals surface area contributed by atoms with E-state index in [4.69, 9.17) is 0 Å². The van der Waals surface area contributed by atoms with Crippen molar-refractivity contribution < 1.29 is 0 Å². The minimum Gasteiger partial charge on any atom is -0.0654 e. The third-order valence-electron chi connectivity index (χ3n) is 1.21. The minimum atomic E-state index is 0. The van der Waals surface area contributed by atoms with E-state index >= 15 is 0 Å². The SMILES string of the molecule is CCCCCCC.[AlH3]. The molecule has 0 N–H and O–H groups in total. The number of hydrogen-bond donors (Lipinski definition) is 0. The largest absolute Gasteiger partial charge is 0.187 e. The Kier molecular flexibility index (Phi) is 14.9. The molecule has 50 valence electrons. The summed E-state index contributed by atoms with van der Waals surface area (Å²) in [6.45, 7) is 4.49. The van der Waals surface area contributed by atoms with E-state index in [1.54, 1.807) is 0 Å². The fraction of sp³-hybridized carbons (Fsp3) is 1.00.